The third kappa shape index (κ3) is 3.60. The van der Waals surface area contributed by atoms with Crippen LogP contribution in [0.1, 0.15) is 38.8 Å². The molecule has 0 amide bonds. The van der Waals surface area contributed by atoms with Crippen molar-refractivity contribution in [2.24, 2.45) is 0 Å². The molecule has 0 aromatic heterocycles. The zero-order valence-electron chi connectivity index (χ0n) is 16.5. The normalized spacial score (nSPS) is 18.0. The molecule has 138 valence electrons. The Bertz CT molecular complexity index is 755. The number of aryl methyl sites for hydroxylation is 1. The number of benzene rings is 2. The first-order valence-electron chi connectivity index (χ1n) is 8.94. The van der Waals surface area contributed by atoms with Crippen molar-refractivity contribution in [3.05, 3.63) is 53.6 Å². The maximum atomic E-state index is 6.25. The van der Waals surface area contributed by atoms with Crippen LogP contribution in [0.4, 0.5) is 0 Å². The molecule has 1 fully saturated rings. The minimum atomic E-state index is -0.475. The highest BCUT2D eigenvalue weighted by Crippen LogP contribution is 2.38. The Labute approximate surface area is 156 Å². The van der Waals surface area contributed by atoms with Crippen LogP contribution < -0.4 is 14.9 Å². The zero-order chi connectivity index (χ0) is 18.9. The Morgan fingerprint density at radius 2 is 1.58 bits per heavy atom. The second-order valence-electron chi connectivity index (χ2n) is 7.72. The topological polar surface area (TPSA) is 36.9 Å². The Morgan fingerprint density at radius 3 is 2.15 bits per heavy atom. The molecule has 2 aromatic rings. The summed E-state index contributed by atoms with van der Waals surface area (Å²) in [5, 5.41) is 0. The molecule has 0 bridgehead atoms. The van der Waals surface area contributed by atoms with Gasteiger partial charge >= 0.3 is 7.12 Å². The molecule has 0 atom stereocenters. The molecule has 4 nitrogen and oxygen atoms in total. The average molecular weight is 354 g/mol. The van der Waals surface area contributed by atoms with Crippen LogP contribution in [-0.4, -0.2) is 25.4 Å². The smallest absolute Gasteiger partial charge is 0.497 e. The van der Waals surface area contributed by atoms with Gasteiger partial charge in [0.15, 0.2) is 0 Å². The van der Waals surface area contributed by atoms with Gasteiger partial charge in [-0.1, -0.05) is 30.3 Å². The fourth-order valence-corrected chi connectivity index (χ4v) is 2.97. The lowest BCUT2D eigenvalue weighted by atomic mass is 9.75. The predicted octanol–water partition coefficient (Wildman–Crippen LogP) is 3.88. The third-order valence-corrected chi connectivity index (χ3v) is 5.28. The van der Waals surface area contributed by atoms with Gasteiger partial charge in [-0.05, 0) is 51.8 Å². The quantitative estimate of drug-likeness (QED) is 0.764. The predicted molar refractivity (Wildman–Crippen MR) is 104 cm³/mol. The van der Waals surface area contributed by atoms with Gasteiger partial charge in [0.2, 0.25) is 0 Å². The van der Waals surface area contributed by atoms with Gasteiger partial charge in [-0.25, -0.2) is 0 Å². The van der Waals surface area contributed by atoms with Gasteiger partial charge in [0.25, 0.3) is 0 Å². The summed E-state index contributed by atoms with van der Waals surface area (Å²) in [4.78, 5) is 0. The van der Waals surface area contributed by atoms with Crippen LogP contribution in [-0.2, 0) is 15.9 Å². The number of methoxy groups -OCH3 is 1. The van der Waals surface area contributed by atoms with Crippen molar-refractivity contribution in [1.29, 1.82) is 0 Å². The van der Waals surface area contributed by atoms with Gasteiger partial charge in [-0.2, -0.15) is 0 Å². The first kappa shape index (κ1) is 18.8. The average Bonchev–Trinajstić information content (AvgIpc) is 2.80. The molecule has 0 radical (unpaired) electrons. The molecule has 26 heavy (non-hydrogen) atoms. The molecular weight excluding hydrogens is 327 g/mol. The molecule has 0 unspecified atom stereocenters. The van der Waals surface area contributed by atoms with Gasteiger partial charge in [0.1, 0.15) is 18.1 Å². The minimum Gasteiger partial charge on any atom is -0.497 e. The molecule has 5 heteroatoms. The van der Waals surface area contributed by atoms with E-state index in [1.54, 1.807) is 7.11 Å². The summed E-state index contributed by atoms with van der Waals surface area (Å²) >= 11 is 0. The lowest BCUT2D eigenvalue weighted by Gasteiger charge is -2.32. The van der Waals surface area contributed by atoms with Crippen LogP contribution in [0.2, 0.25) is 0 Å². The second-order valence-corrected chi connectivity index (χ2v) is 7.72. The molecule has 0 saturated carbocycles. The van der Waals surface area contributed by atoms with E-state index in [1.165, 1.54) is 0 Å². The Kier molecular flexibility index (Phi) is 5.04. The number of hydrogen-bond donors (Lipinski definition) is 0. The van der Waals surface area contributed by atoms with E-state index in [4.69, 9.17) is 18.8 Å². The van der Waals surface area contributed by atoms with Crippen LogP contribution in [0.5, 0.6) is 11.5 Å². The number of ether oxygens (including phenoxy) is 2. The van der Waals surface area contributed by atoms with E-state index in [-0.39, 0.29) is 0 Å². The van der Waals surface area contributed by atoms with E-state index in [0.29, 0.717) is 6.61 Å². The zero-order valence-corrected chi connectivity index (χ0v) is 16.5. The monoisotopic (exact) mass is 354 g/mol. The van der Waals surface area contributed by atoms with Crippen LogP contribution in [0.3, 0.4) is 0 Å². The standard InChI is InChI=1S/C21H27BO4/c1-15-12-17(23-6)13-18(24-14-16-10-8-7-9-11-16)19(15)22-25-20(2,3)21(4,5)26-22/h7-13H,14H2,1-6H3. The maximum absolute atomic E-state index is 6.25. The van der Waals surface area contributed by atoms with Gasteiger partial charge in [0, 0.05) is 11.5 Å². The Balaban J connectivity index is 1.94. The van der Waals surface area contributed by atoms with Crippen LogP contribution >= 0.6 is 0 Å². The highest BCUT2D eigenvalue weighted by atomic mass is 16.7. The van der Waals surface area contributed by atoms with E-state index in [9.17, 15) is 0 Å². The first-order valence-corrected chi connectivity index (χ1v) is 8.94. The van der Waals surface area contributed by atoms with Crippen LogP contribution in [0.15, 0.2) is 42.5 Å². The molecule has 2 aromatic carbocycles. The van der Waals surface area contributed by atoms with Gasteiger partial charge in [-0.15, -0.1) is 0 Å². The lowest BCUT2D eigenvalue weighted by molar-refractivity contribution is 0.00578. The molecule has 1 heterocycles. The SMILES string of the molecule is COc1cc(C)c(B2OC(C)(C)C(C)(C)O2)c(OCc2ccccc2)c1. The van der Waals surface area contributed by atoms with Gasteiger partial charge in [0.05, 0.1) is 18.3 Å². The number of rotatable bonds is 5. The minimum absolute atomic E-state index is 0.402. The van der Waals surface area contributed by atoms with Crippen molar-refractivity contribution < 1.29 is 18.8 Å². The van der Waals surface area contributed by atoms with Crippen molar-refractivity contribution in [2.75, 3.05) is 7.11 Å². The lowest BCUT2D eigenvalue weighted by Crippen LogP contribution is -2.41. The van der Waals surface area contributed by atoms with Gasteiger partial charge < -0.3 is 18.8 Å². The summed E-state index contributed by atoms with van der Waals surface area (Å²) in [6.45, 7) is 10.7. The molecule has 3 rings (SSSR count). The summed E-state index contributed by atoms with van der Waals surface area (Å²) < 4.78 is 24.1. The molecule has 0 N–H and O–H groups in total. The Hall–Kier alpha value is -1.98. The summed E-state index contributed by atoms with van der Waals surface area (Å²) in [5.74, 6) is 1.48. The summed E-state index contributed by atoms with van der Waals surface area (Å²) in [6.07, 6.45) is 0. The molecule has 1 aliphatic heterocycles. The highest BCUT2D eigenvalue weighted by Gasteiger charge is 2.53. The molecule has 0 spiro atoms. The molecule has 0 aliphatic carbocycles. The van der Waals surface area contributed by atoms with Crippen molar-refractivity contribution in [1.82, 2.24) is 0 Å². The molecule has 1 aliphatic rings. The highest BCUT2D eigenvalue weighted by molar-refractivity contribution is 6.63. The largest absolute Gasteiger partial charge is 0.498 e. The van der Waals surface area contributed by atoms with Crippen LogP contribution in [0, 0.1) is 6.92 Å². The van der Waals surface area contributed by atoms with E-state index in [2.05, 4.69) is 27.7 Å². The summed E-state index contributed by atoms with van der Waals surface area (Å²) in [5.41, 5.74) is 2.24. The van der Waals surface area contributed by atoms with Crippen molar-refractivity contribution >= 4 is 12.6 Å². The van der Waals surface area contributed by atoms with E-state index < -0.39 is 18.3 Å². The van der Waals surface area contributed by atoms with E-state index in [0.717, 1.165) is 28.1 Å². The fourth-order valence-electron chi connectivity index (χ4n) is 2.97. The Morgan fingerprint density at radius 1 is 0.962 bits per heavy atom. The molecular formula is C21H27BO4. The summed E-state index contributed by atoms with van der Waals surface area (Å²) in [6, 6.07) is 14.0. The fraction of sp³-hybridized carbons (Fsp3) is 0.429. The third-order valence-electron chi connectivity index (χ3n) is 5.28. The van der Waals surface area contributed by atoms with Crippen molar-refractivity contribution in [3.8, 4) is 11.5 Å². The van der Waals surface area contributed by atoms with Crippen LogP contribution in [0.25, 0.3) is 0 Å². The van der Waals surface area contributed by atoms with Crippen molar-refractivity contribution in [3.63, 3.8) is 0 Å². The maximum Gasteiger partial charge on any atom is 0.498 e. The van der Waals surface area contributed by atoms with E-state index >= 15 is 0 Å². The first-order chi connectivity index (χ1) is 12.2. The van der Waals surface area contributed by atoms with Crippen molar-refractivity contribution in [2.45, 2.75) is 52.4 Å². The van der Waals surface area contributed by atoms with Gasteiger partial charge in [-0.3, -0.25) is 0 Å². The second kappa shape index (κ2) is 6.97. The summed E-state index contributed by atoms with van der Waals surface area (Å²) in [7, 11) is 1.18. The number of hydrogen-bond acceptors (Lipinski definition) is 4. The van der Waals surface area contributed by atoms with E-state index in [1.807, 2.05) is 49.4 Å². The molecule has 1 saturated heterocycles.